The predicted octanol–water partition coefficient (Wildman–Crippen LogP) is 4.14. The molecule has 0 spiro atoms. The van der Waals surface area contributed by atoms with E-state index in [1.165, 1.54) is 6.07 Å². The lowest BCUT2D eigenvalue weighted by Crippen LogP contribution is -2.23. The number of carbonyl (C=O) groups is 1. The van der Waals surface area contributed by atoms with Gasteiger partial charge in [0.2, 0.25) is 5.91 Å². The second kappa shape index (κ2) is 7.72. The first-order chi connectivity index (χ1) is 11.0. The lowest BCUT2D eigenvalue weighted by Gasteiger charge is -2.15. The van der Waals surface area contributed by atoms with Crippen molar-refractivity contribution in [2.24, 2.45) is 0 Å². The van der Waals surface area contributed by atoms with E-state index in [4.69, 9.17) is 0 Å². The van der Waals surface area contributed by atoms with Crippen LogP contribution in [0, 0.1) is 11.6 Å². The van der Waals surface area contributed by atoms with Crippen molar-refractivity contribution in [1.82, 2.24) is 0 Å². The third-order valence-electron chi connectivity index (χ3n) is 3.63. The fourth-order valence-corrected chi connectivity index (χ4v) is 2.40. The molecule has 0 heterocycles. The number of benzene rings is 2. The Labute approximate surface area is 134 Å². The molecule has 0 aliphatic carbocycles. The van der Waals surface area contributed by atoms with Gasteiger partial charge < -0.3 is 10.6 Å². The van der Waals surface area contributed by atoms with Gasteiger partial charge >= 0.3 is 0 Å². The van der Waals surface area contributed by atoms with Gasteiger partial charge in [0.05, 0.1) is 12.2 Å². The van der Waals surface area contributed by atoms with Gasteiger partial charge in [-0.2, -0.15) is 0 Å². The van der Waals surface area contributed by atoms with Crippen molar-refractivity contribution >= 4 is 17.3 Å². The maximum atomic E-state index is 13.5. The van der Waals surface area contributed by atoms with E-state index in [1.54, 1.807) is 0 Å². The van der Waals surface area contributed by atoms with Crippen LogP contribution >= 0.6 is 0 Å². The van der Waals surface area contributed by atoms with Gasteiger partial charge in [0.15, 0.2) is 0 Å². The van der Waals surface area contributed by atoms with E-state index < -0.39 is 11.6 Å². The fraction of sp³-hybridized carbons (Fsp3) is 0.278. The first-order valence-corrected chi connectivity index (χ1v) is 7.64. The molecule has 2 aromatic rings. The van der Waals surface area contributed by atoms with E-state index in [0.29, 0.717) is 0 Å². The Kier molecular flexibility index (Phi) is 5.68. The molecule has 0 radical (unpaired) electrons. The van der Waals surface area contributed by atoms with Crippen LogP contribution in [0.4, 0.5) is 20.2 Å². The summed E-state index contributed by atoms with van der Waals surface area (Å²) in [5.74, 6) is -1.65. The number of amides is 1. The summed E-state index contributed by atoms with van der Waals surface area (Å²) in [5, 5.41) is 5.57. The number of para-hydroxylation sites is 1. The molecule has 0 saturated heterocycles. The highest BCUT2D eigenvalue weighted by Crippen LogP contribution is 2.22. The average Bonchev–Trinajstić information content (AvgIpc) is 2.54. The van der Waals surface area contributed by atoms with E-state index in [9.17, 15) is 13.6 Å². The van der Waals surface area contributed by atoms with Crippen LogP contribution in [-0.2, 0) is 17.6 Å². The molecule has 0 unspecified atom stereocenters. The predicted molar refractivity (Wildman–Crippen MR) is 88.7 cm³/mol. The summed E-state index contributed by atoms with van der Waals surface area (Å²) in [6.45, 7) is 3.96. The van der Waals surface area contributed by atoms with E-state index in [2.05, 4.69) is 10.6 Å². The first kappa shape index (κ1) is 16.9. The molecule has 0 aromatic heterocycles. The molecule has 1 amide bonds. The van der Waals surface area contributed by atoms with Crippen molar-refractivity contribution in [3.8, 4) is 0 Å². The molecule has 0 fully saturated rings. The number of hydrogen-bond donors (Lipinski definition) is 2. The van der Waals surface area contributed by atoms with Crippen LogP contribution in [0.25, 0.3) is 0 Å². The summed E-state index contributed by atoms with van der Waals surface area (Å²) in [4.78, 5) is 12.1. The van der Waals surface area contributed by atoms with Gasteiger partial charge in [-0.05, 0) is 36.1 Å². The minimum absolute atomic E-state index is 0.0935. The van der Waals surface area contributed by atoms with Crippen molar-refractivity contribution < 1.29 is 13.6 Å². The van der Waals surface area contributed by atoms with Crippen LogP contribution in [-0.4, -0.2) is 12.5 Å². The first-order valence-electron chi connectivity index (χ1n) is 7.64. The van der Waals surface area contributed by atoms with Crippen LogP contribution in [0.1, 0.15) is 25.0 Å². The average molecular weight is 318 g/mol. The molecule has 5 heteroatoms. The van der Waals surface area contributed by atoms with E-state index in [-0.39, 0.29) is 18.1 Å². The van der Waals surface area contributed by atoms with E-state index >= 15 is 0 Å². The zero-order valence-electron chi connectivity index (χ0n) is 13.2. The lowest BCUT2D eigenvalue weighted by atomic mass is 10.0. The summed E-state index contributed by atoms with van der Waals surface area (Å²) in [6.07, 6.45) is 1.62. The molecule has 3 nitrogen and oxygen atoms in total. The van der Waals surface area contributed by atoms with Gasteiger partial charge in [-0.15, -0.1) is 0 Å². The van der Waals surface area contributed by atoms with Crippen molar-refractivity contribution in [1.29, 1.82) is 0 Å². The lowest BCUT2D eigenvalue weighted by molar-refractivity contribution is -0.114. The fourth-order valence-electron chi connectivity index (χ4n) is 2.40. The standard InChI is InChI=1S/C18H20F2N2O/c1-3-12-6-5-7-13(4-2)18(12)22-17(23)11-21-16-9-8-14(19)10-15(16)20/h5-10,21H,3-4,11H2,1-2H3,(H,22,23). The highest BCUT2D eigenvalue weighted by Gasteiger charge is 2.11. The molecule has 2 aromatic carbocycles. The number of hydrogen-bond acceptors (Lipinski definition) is 2. The number of rotatable bonds is 6. The Bertz CT molecular complexity index is 679. The van der Waals surface area contributed by atoms with E-state index in [0.717, 1.165) is 41.8 Å². The van der Waals surface area contributed by atoms with Crippen molar-refractivity contribution in [3.05, 3.63) is 59.2 Å². The number of aryl methyl sites for hydroxylation is 2. The summed E-state index contributed by atoms with van der Waals surface area (Å²) >= 11 is 0. The topological polar surface area (TPSA) is 41.1 Å². The minimum atomic E-state index is -0.721. The molecule has 0 bridgehead atoms. The Morgan fingerprint density at radius 1 is 1.04 bits per heavy atom. The molecule has 0 aliphatic heterocycles. The number of halogens is 2. The Morgan fingerprint density at radius 2 is 1.70 bits per heavy atom. The molecule has 122 valence electrons. The van der Waals surface area contributed by atoms with Crippen molar-refractivity contribution in [2.75, 3.05) is 17.2 Å². The summed E-state index contributed by atoms with van der Waals surface area (Å²) < 4.78 is 26.4. The summed E-state index contributed by atoms with van der Waals surface area (Å²) in [7, 11) is 0. The van der Waals surface area contributed by atoms with Gasteiger partial charge in [-0.25, -0.2) is 8.78 Å². The Balaban J connectivity index is 2.05. The molecule has 2 rings (SSSR count). The number of anilines is 2. The normalized spacial score (nSPS) is 10.4. The molecule has 0 atom stereocenters. The summed E-state index contributed by atoms with van der Waals surface area (Å²) in [5.41, 5.74) is 3.04. The SMILES string of the molecule is CCc1cccc(CC)c1NC(=O)CNc1ccc(F)cc1F. The van der Waals surface area contributed by atoms with Gasteiger partial charge in [0.25, 0.3) is 0 Å². The largest absolute Gasteiger partial charge is 0.374 e. The third-order valence-corrected chi connectivity index (χ3v) is 3.63. The maximum absolute atomic E-state index is 13.5. The highest BCUT2D eigenvalue weighted by molar-refractivity contribution is 5.95. The van der Waals surface area contributed by atoms with Crippen LogP contribution in [0.15, 0.2) is 36.4 Å². The molecular weight excluding hydrogens is 298 g/mol. The van der Waals surface area contributed by atoms with Crippen molar-refractivity contribution in [3.63, 3.8) is 0 Å². The van der Waals surface area contributed by atoms with Gasteiger partial charge in [0.1, 0.15) is 11.6 Å². The Hall–Kier alpha value is -2.43. The monoisotopic (exact) mass is 318 g/mol. The Morgan fingerprint density at radius 3 is 2.26 bits per heavy atom. The molecule has 2 N–H and O–H groups in total. The zero-order valence-corrected chi connectivity index (χ0v) is 13.2. The third kappa shape index (κ3) is 4.28. The van der Waals surface area contributed by atoms with Gasteiger partial charge in [0, 0.05) is 11.8 Å². The van der Waals surface area contributed by atoms with Gasteiger partial charge in [-0.3, -0.25) is 4.79 Å². The van der Waals surface area contributed by atoms with Crippen LogP contribution in [0.5, 0.6) is 0 Å². The second-order valence-corrected chi connectivity index (χ2v) is 5.18. The minimum Gasteiger partial charge on any atom is -0.374 e. The van der Waals surface area contributed by atoms with Crippen LogP contribution in [0.2, 0.25) is 0 Å². The highest BCUT2D eigenvalue weighted by atomic mass is 19.1. The molecular formula is C18H20F2N2O. The van der Waals surface area contributed by atoms with Crippen LogP contribution in [0.3, 0.4) is 0 Å². The quantitative estimate of drug-likeness (QED) is 0.840. The van der Waals surface area contributed by atoms with Crippen molar-refractivity contribution in [2.45, 2.75) is 26.7 Å². The van der Waals surface area contributed by atoms with Crippen LogP contribution < -0.4 is 10.6 Å². The number of carbonyl (C=O) groups excluding carboxylic acids is 1. The molecule has 0 aliphatic rings. The summed E-state index contributed by atoms with van der Waals surface area (Å²) in [6, 6.07) is 9.12. The molecule has 0 saturated carbocycles. The molecule has 23 heavy (non-hydrogen) atoms. The zero-order chi connectivity index (χ0) is 16.8. The smallest absolute Gasteiger partial charge is 0.243 e. The second-order valence-electron chi connectivity index (χ2n) is 5.18. The maximum Gasteiger partial charge on any atom is 0.243 e. The number of nitrogens with one attached hydrogen (secondary N) is 2. The van der Waals surface area contributed by atoms with Gasteiger partial charge in [-0.1, -0.05) is 32.0 Å². The van der Waals surface area contributed by atoms with E-state index in [1.807, 2.05) is 32.0 Å².